The molecule has 2 rings (SSSR count). The Kier molecular flexibility index (Phi) is 9.49. The third-order valence-electron chi connectivity index (χ3n) is 4.36. The van der Waals surface area contributed by atoms with Gasteiger partial charge in [0.2, 0.25) is 10.0 Å². The average molecular weight is 483 g/mol. The molecule has 2 aromatic rings. The minimum atomic E-state index is -3.58. The molecule has 11 heteroatoms. The van der Waals surface area contributed by atoms with Crippen LogP contribution in [0, 0.1) is 0 Å². The van der Waals surface area contributed by atoms with Crippen LogP contribution in [-0.4, -0.2) is 50.9 Å². The molecule has 0 unspecified atom stereocenters. The van der Waals surface area contributed by atoms with Gasteiger partial charge < -0.3 is 14.8 Å². The fourth-order valence-corrected chi connectivity index (χ4v) is 4.23. The van der Waals surface area contributed by atoms with E-state index in [4.69, 9.17) is 4.74 Å². The van der Waals surface area contributed by atoms with Gasteiger partial charge in [-0.05, 0) is 35.9 Å². The molecule has 0 aromatic heterocycles. The van der Waals surface area contributed by atoms with Crippen LogP contribution in [0.5, 0.6) is 5.75 Å². The minimum absolute atomic E-state index is 0.00847. The van der Waals surface area contributed by atoms with Crippen LogP contribution in [0.25, 0.3) is 6.08 Å². The highest BCUT2D eigenvalue weighted by Crippen LogP contribution is 2.25. The summed E-state index contributed by atoms with van der Waals surface area (Å²) in [5.41, 5.74) is 0.558. The topological polar surface area (TPSA) is 102 Å². The van der Waals surface area contributed by atoms with Gasteiger partial charge in [-0.2, -0.15) is 13.1 Å². The lowest BCUT2D eigenvalue weighted by atomic mass is 10.2. The number of amides is 1. The first-order valence-electron chi connectivity index (χ1n) is 9.96. The molecule has 0 bridgehead atoms. The normalized spacial score (nSPS) is 11.7. The van der Waals surface area contributed by atoms with Crippen LogP contribution in [0.1, 0.15) is 19.4 Å². The molecule has 1 amide bonds. The molecule has 178 valence electrons. The Morgan fingerprint density at radius 1 is 1.06 bits per heavy atom. The third-order valence-corrected chi connectivity index (χ3v) is 6.42. The summed E-state index contributed by atoms with van der Waals surface area (Å²) in [5.74, 6) is -1.78. The lowest BCUT2D eigenvalue weighted by Gasteiger charge is -2.18. The Morgan fingerprint density at radius 3 is 2.30 bits per heavy atom. The predicted octanol–water partition coefficient (Wildman–Crippen LogP) is 3.51. The third kappa shape index (κ3) is 7.65. The number of carbonyl (C=O) groups excluding carboxylic acids is 2. The zero-order valence-electron chi connectivity index (χ0n) is 18.0. The van der Waals surface area contributed by atoms with Crippen LogP contribution >= 0.6 is 0 Å². The van der Waals surface area contributed by atoms with Crippen molar-refractivity contribution in [3.8, 4) is 5.75 Å². The summed E-state index contributed by atoms with van der Waals surface area (Å²) in [6, 6.07) is 11.5. The smallest absolute Gasteiger partial charge is 0.387 e. The van der Waals surface area contributed by atoms with E-state index >= 15 is 0 Å². The van der Waals surface area contributed by atoms with Crippen molar-refractivity contribution >= 4 is 33.7 Å². The van der Waals surface area contributed by atoms with Gasteiger partial charge >= 0.3 is 12.6 Å². The van der Waals surface area contributed by atoms with Gasteiger partial charge in [-0.1, -0.05) is 38.1 Å². The number of hydrogen-bond acceptors (Lipinski definition) is 6. The standard InChI is InChI=1S/C22H24F2N2O6S/c1-3-26(4-2)33(29,30)17-12-9-16(10-13-17)11-14-21(28)31-15-20(27)25-18-7-5-6-8-19(18)32-22(23)24/h5-14,22H,3-4,15H2,1-2H3,(H,25,27)/b14-11+. The number of esters is 1. The molecular weight excluding hydrogens is 458 g/mol. The van der Waals surface area contributed by atoms with E-state index in [9.17, 15) is 26.8 Å². The molecule has 0 radical (unpaired) electrons. The number of sulfonamides is 1. The summed E-state index contributed by atoms with van der Waals surface area (Å²) in [6.45, 7) is 0.500. The molecule has 0 fully saturated rings. The van der Waals surface area contributed by atoms with Crippen LogP contribution in [0.15, 0.2) is 59.5 Å². The average Bonchev–Trinajstić information content (AvgIpc) is 2.78. The molecule has 2 aromatic carbocycles. The number of benzene rings is 2. The molecule has 1 N–H and O–H groups in total. The van der Waals surface area contributed by atoms with Crippen molar-refractivity contribution in [2.24, 2.45) is 0 Å². The molecule has 0 spiro atoms. The van der Waals surface area contributed by atoms with Crippen molar-refractivity contribution < 1.29 is 36.3 Å². The van der Waals surface area contributed by atoms with Crippen LogP contribution in [0.3, 0.4) is 0 Å². The van der Waals surface area contributed by atoms with Gasteiger partial charge in [-0.25, -0.2) is 13.2 Å². The zero-order valence-corrected chi connectivity index (χ0v) is 18.8. The maximum atomic E-state index is 12.5. The number of alkyl halides is 2. The first kappa shape index (κ1) is 25.9. The van der Waals surface area contributed by atoms with Crippen molar-refractivity contribution in [3.63, 3.8) is 0 Å². The van der Waals surface area contributed by atoms with Crippen molar-refractivity contribution in [1.29, 1.82) is 0 Å². The Labute approximate surface area is 190 Å². The highest BCUT2D eigenvalue weighted by molar-refractivity contribution is 7.89. The fourth-order valence-electron chi connectivity index (χ4n) is 2.77. The number of ether oxygens (including phenoxy) is 2. The lowest BCUT2D eigenvalue weighted by molar-refractivity contribution is -0.142. The second-order valence-corrected chi connectivity index (χ2v) is 8.46. The number of para-hydroxylation sites is 2. The van der Waals surface area contributed by atoms with Crippen LogP contribution < -0.4 is 10.1 Å². The van der Waals surface area contributed by atoms with Crippen LogP contribution in [-0.2, 0) is 24.3 Å². The summed E-state index contributed by atoms with van der Waals surface area (Å²) in [4.78, 5) is 23.9. The highest BCUT2D eigenvalue weighted by Gasteiger charge is 2.21. The van der Waals surface area contributed by atoms with E-state index in [1.165, 1.54) is 58.9 Å². The monoisotopic (exact) mass is 482 g/mol. The number of anilines is 1. The molecule has 0 aliphatic carbocycles. The summed E-state index contributed by atoms with van der Waals surface area (Å²) < 4.78 is 60.3. The molecule has 0 saturated carbocycles. The molecule has 0 aliphatic rings. The molecule has 0 heterocycles. The van der Waals surface area contributed by atoms with Gasteiger partial charge in [-0.15, -0.1) is 0 Å². The van der Waals surface area contributed by atoms with E-state index in [0.717, 1.165) is 6.08 Å². The highest BCUT2D eigenvalue weighted by atomic mass is 32.2. The van der Waals surface area contributed by atoms with E-state index in [0.29, 0.717) is 18.7 Å². The molecule has 0 aliphatic heterocycles. The number of halogens is 2. The van der Waals surface area contributed by atoms with Crippen molar-refractivity contribution in [1.82, 2.24) is 4.31 Å². The molecular formula is C22H24F2N2O6S. The van der Waals surface area contributed by atoms with E-state index < -0.39 is 35.1 Å². The number of hydrogen-bond donors (Lipinski definition) is 1. The maximum Gasteiger partial charge on any atom is 0.387 e. The van der Waals surface area contributed by atoms with Gasteiger partial charge in [0, 0.05) is 19.2 Å². The second-order valence-electron chi connectivity index (χ2n) is 6.52. The van der Waals surface area contributed by atoms with Gasteiger partial charge in [0.05, 0.1) is 10.6 Å². The summed E-state index contributed by atoms with van der Waals surface area (Å²) >= 11 is 0. The van der Waals surface area contributed by atoms with Gasteiger partial charge in [0.15, 0.2) is 6.61 Å². The Morgan fingerprint density at radius 2 is 1.70 bits per heavy atom. The van der Waals surface area contributed by atoms with E-state index in [2.05, 4.69) is 10.1 Å². The summed E-state index contributed by atoms with van der Waals surface area (Å²) in [6.07, 6.45) is 2.48. The van der Waals surface area contributed by atoms with E-state index in [-0.39, 0.29) is 16.3 Å². The van der Waals surface area contributed by atoms with E-state index in [1.54, 1.807) is 13.8 Å². The molecule has 0 saturated heterocycles. The maximum absolute atomic E-state index is 12.5. The Balaban J connectivity index is 1.91. The van der Waals surface area contributed by atoms with Crippen LogP contribution in [0.4, 0.5) is 14.5 Å². The summed E-state index contributed by atoms with van der Waals surface area (Å²) in [7, 11) is -3.58. The number of carbonyl (C=O) groups is 2. The number of nitrogens with zero attached hydrogens (tertiary/aromatic N) is 1. The van der Waals surface area contributed by atoms with Crippen molar-refractivity contribution in [2.45, 2.75) is 25.4 Å². The predicted molar refractivity (Wildman–Crippen MR) is 118 cm³/mol. The van der Waals surface area contributed by atoms with Crippen molar-refractivity contribution in [3.05, 3.63) is 60.2 Å². The summed E-state index contributed by atoms with van der Waals surface area (Å²) in [5, 5.41) is 2.32. The van der Waals surface area contributed by atoms with E-state index in [1.807, 2.05) is 0 Å². The first-order valence-corrected chi connectivity index (χ1v) is 11.4. The molecule has 0 atom stereocenters. The zero-order chi connectivity index (χ0) is 24.4. The Hall–Kier alpha value is -3.31. The minimum Gasteiger partial charge on any atom is -0.452 e. The lowest BCUT2D eigenvalue weighted by Crippen LogP contribution is -2.30. The van der Waals surface area contributed by atoms with Crippen LogP contribution in [0.2, 0.25) is 0 Å². The first-order chi connectivity index (χ1) is 15.7. The van der Waals surface area contributed by atoms with Gasteiger partial charge in [0.25, 0.3) is 5.91 Å². The largest absolute Gasteiger partial charge is 0.452 e. The number of rotatable bonds is 11. The number of nitrogens with one attached hydrogen (secondary N) is 1. The SMILES string of the molecule is CCN(CC)S(=O)(=O)c1ccc(/C=C/C(=O)OCC(=O)Nc2ccccc2OC(F)F)cc1. The van der Waals surface area contributed by atoms with Gasteiger partial charge in [-0.3, -0.25) is 4.79 Å². The fraction of sp³-hybridized carbons (Fsp3) is 0.273. The Bertz CT molecular complexity index is 1080. The van der Waals surface area contributed by atoms with Gasteiger partial charge in [0.1, 0.15) is 5.75 Å². The molecule has 33 heavy (non-hydrogen) atoms. The molecule has 8 nitrogen and oxygen atoms in total. The quantitative estimate of drug-likeness (QED) is 0.389. The van der Waals surface area contributed by atoms with Crippen molar-refractivity contribution in [2.75, 3.05) is 25.0 Å². The second kappa shape index (κ2) is 12.1.